The second-order valence-corrected chi connectivity index (χ2v) is 4.40. The Bertz CT molecular complexity index is 231. The lowest BCUT2D eigenvalue weighted by molar-refractivity contribution is -0.155. The molecule has 0 aliphatic carbocycles. The Morgan fingerprint density at radius 3 is 2.47 bits per heavy atom. The average molecular weight is 234 g/mol. The van der Waals surface area contributed by atoms with E-state index < -0.39 is 26.4 Å². The maximum absolute atomic E-state index is 11.1. The zero-order chi connectivity index (χ0) is 11.3. The third-order valence-electron chi connectivity index (χ3n) is 1.92. The molecule has 1 heterocycles. The van der Waals surface area contributed by atoms with Crippen LogP contribution >= 0.6 is 8.53 Å². The maximum Gasteiger partial charge on any atom is 0.386 e. The van der Waals surface area contributed by atoms with Crippen LogP contribution in [0.15, 0.2) is 0 Å². The van der Waals surface area contributed by atoms with Crippen molar-refractivity contribution in [3.05, 3.63) is 0 Å². The number of unbranched alkanes of at least 4 members (excludes halogenated alkanes) is 1. The molecule has 6 nitrogen and oxygen atoms in total. The van der Waals surface area contributed by atoms with Gasteiger partial charge in [0.15, 0.2) is 5.92 Å². The minimum absolute atomic E-state index is 0.524. The van der Waals surface area contributed by atoms with E-state index in [1.54, 1.807) is 0 Å². The van der Waals surface area contributed by atoms with Crippen molar-refractivity contribution in [3.8, 4) is 0 Å². The van der Waals surface area contributed by atoms with Gasteiger partial charge in [0, 0.05) is 6.54 Å². The summed E-state index contributed by atoms with van der Waals surface area (Å²) in [7, 11) is -1.58. The standard InChI is InChI=1S/C8H15N2O4P/c1-6-7(11)13-15(14-8(6)12)10-5-3-2-4-9/h6,10H,2-5,9H2,1H3. The molecule has 1 rings (SSSR count). The highest BCUT2D eigenvalue weighted by Gasteiger charge is 2.36. The van der Waals surface area contributed by atoms with Gasteiger partial charge in [0.2, 0.25) is 0 Å². The van der Waals surface area contributed by atoms with Crippen LogP contribution in [0.5, 0.6) is 0 Å². The van der Waals surface area contributed by atoms with E-state index in [0.29, 0.717) is 13.1 Å². The van der Waals surface area contributed by atoms with Crippen LogP contribution in [0.25, 0.3) is 0 Å². The number of nitrogens with one attached hydrogen (secondary N) is 1. The molecule has 1 fully saturated rings. The fourth-order valence-electron chi connectivity index (χ4n) is 0.941. The quantitative estimate of drug-likeness (QED) is 0.403. The van der Waals surface area contributed by atoms with Crippen molar-refractivity contribution in [2.45, 2.75) is 19.8 Å². The third kappa shape index (κ3) is 3.74. The van der Waals surface area contributed by atoms with Crippen LogP contribution < -0.4 is 10.8 Å². The first-order valence-corrected chi connectivity index (χ1v) is 6.00. The number of hydrogen-bond donors (Lipinski definition) is 2. The first-order chi connectivity index (χ1) is 7.15. The molecule has 0 amide bonds. The fourth-order valence-corrected chi connectivity index (χ4v) is 2.09. The topological polar surface area (TPSA) is 90.7 Å². The molecule has 15 heavy (non-hydrogen) atoms. The number of carbonyl (C=O) groups excluding carboxylic acids is 2. The van der Waals surface area contributed by atoms with E-state index in [2.05, 4.69) is 5.09 Å². The molecule has 86 valence electrons. The molecule has 0 aromatic carbocycles. The van der Waals surface area contributed by atoms with Gasteiger partial charge in [-0.2, -0.15) is 0 Å². The molecule has 0 aromatic heterocycles. The van der Waals surface area contributed by atoms with Gasteiger partial charge in [-0.1, -0.05) is 0 Å². The molecular formula is C8H15N2O4P. The van der Waals surface area contributed by atoms with E-state index in [-0.39, 0.29) is 0 Å². The summed E-state index contributed by atoms with van der Waals surface area (Å²) in [6.45, 7) is 2.71. The fraction of sp³-hybridized carbons (Fsp3) is 0.750. The monoisotopic (exact) mass is 234 g/mol. The van der Waals surface area contributed by atoms with Crippen LogP contribution in [0.3, 0.4) is 0 Å². The van der Waals surface area contributed by atoms with Crippen molar-refractivity contribution in [2.75, 3.05) is 13.1 Å². The molecule has 0 bridgehead atoms. The van der Waals surface area contributed by atoms with Gasteiger partial charge >= 0.3 is 20.5 Å². The molecule has 1 saturated heterocycles. The Morgan fingerprint density at radius 2 is 1.93 bits per heavy atom. The van der Waals surface area contributed by atoms with E-state index in [9.17, 15) is 9.59 Å². The van der Waals surface area contributed by atoms with Gasteiger partial charge in [-0.05, 0) is 26.3 Å². The van der Waals surface area contributed by atoms with E-state index >= 15 is 0 Å². The van der Waals surface area contributed by atoms with Gasteiger partial charge in [0.25, 0.3) is 0 Å². The molecule has 0 saturated carbocycles. The molecule has 0 spiro atoms. The lowest BCUT2D eigenvalue weighted by atomic mass is 10.2. The van der Waals surface area contributed by atoms with E-state index in [0.717, 1.165) is 12.8 Å². The molecule has 1 aliphatic rings. The summed E-state index contributed by atoms with van der Waals surface area (Å²) in [4.78, 5) is 22.3. The van der Waals surface area contributed by atoms with Crippen molar-refractivity contribution < 1.29 is 18.6 Å². The first-order valence-electron chi connectivity index (χ1n) is 4.82. The normalized spacial score (nSPS) is 26.0. The molecule has 0 radical (unpaired) electrons. The second kappa shape index (κ2) is 6.00. The molecule has 0 unspecified atom stereocenters. The van der Waals surface area contributed by atoms with Crippen LogP contribution in [-0.2, 0) is 18.6 Å². The predicted octanol–water partition coefficient (Wildman–Crippen LogP) is 0.278. The summed E-state index contributed by atoms with van der Waals surface area (Å²) in [6.07, 6.45) is 1.74. The molecular weight excluding hydrogens is 219 g/mol. The molecule has 0 atom stereocenters. The Hall–Kier alpha value is -0.710. The van der Waals surface area contributed by atoms with Crippen LogP contribution in [0.4, 0.5) is 0 Å². The Balaban J connectivity index is 2.26. The smallest absolute Gasteiger partial charge is 0.386 e. The predicted molar refractivity (Wildman–Crippen MR) is 54.6 cm³/mol. The first kappa shape index (κ1) is 12.4. The summed E-state index contributed by atoms with van der Waals surface area (Å²) in [5.74, 6) is -1.86. The van der Waals surface area contributed by atoms with E-state index in [1.807, 2.05) is 0 Å². The van der Waals surface area contributed by atoms with E-state index in [4.69, 9.17) is 14.8 Å². The number of rotatable bonds is 5. The van der Waals surface area contributed by atoms with Crippen LogP contribution in [0.1, 0.15) is 19.8 Å². The SMILES string of the molecule is CC1C(=O)OP(NCCCCN)OC1=O. The molecule has 0 aromatic rings. The average Bonchev–Trinajstić information content (AvgIpc) is 2.21. The Morgan fingerprint density at radius 1 is 1.33 bits per heavy atom. The Kier molecular flexibility index (Phi) is 4.94. The minimum Gasteiger partial charge on any atom is -0.394 e. The van der Waals surface area contributed by atoms with Gasteiger partial charge in [-0.25, -0.2) is 5.09 Å². The summed E-state index contributed by atoms with van der Waals surface area (Å²) in [6, 6.07) is 0. The highest BCUT2D eigenvalue weighted by atomic mass is 31.2. The lowest BCUT2D eigenvalue weighted by Crippen LogP contribution is -2.31. The second-order valence-electron chi connectivity index (χ2n) is 3.20. The highest BCUT2D eigenvalue weighted by Crippen LogP contribution is 2.39. The van der Waals surface area contributed by atoms with E-state index in [1.165, 1.54) is 6.92 Å². The van der Waals surface area contributed by atoms with Gasteiger partial charge in [-0.15, -0.1) is 0 Å². The Labute approximate surface area is 89.5 Å². The maximum atomic E-state index is 11.1. The molecule has 1 aliphatic heterocycles. The van der Waals surface area contributed by atoms with Crippen molar-refractivity contribution in [3.63, 3.8) is 0 Å². The number of hydrogen-bond acceptors (Lipinski definition) is 6. The van der Waals surface area contributed by atoms with Crippen LogP contribution in [-0.4, -0.2) is 25.0 Å². The van der Waals surface area contributed by atoms with Gasteiger partial charge in [0.05, 0.1) is 0 Å². The summed E-state index contributed by atoms with van der Waals surface area (Å²) in [5.41, 5.74) is 5.32. The van der Waals surface area contributed by atoms with Gasteiger partial charge in [-0.3, -0.25) is 9.59 Å². The minimum atomic E-state index is -1.58. The largest absolute Gasteiger partial charge is 0.394 e. The van der Waals surface area contributed by atoms with Gasteiger partial charge < -0.3 is 14.8 Å². The summed E-state index contributed by atoms with van der Waals surface area (Å²) in [5, 5.41) is 2.86. The van der Waals surface area contributed by atoms with Crippen molar-refractivity contribution in [2.24, 2.45) is 11.7 Å². The zero-order valence-corrected chi connectivity index (χ0v) is 9.46. The lowest BCUT2D eigenvalue weighted by Gasteiger charge is -2.23. The number of nitrogens with two attached hydrogens (primary N) is 1. The molecule has 3 N–H and O–H groups in total. The van der Waals surface area contributed by atoms with Crippen molar-refractivity contribution >= 4 is 20.5 Å². The third-order valence-corrected chi connectivity index (χ3v) is 3.10. The highest BCUT2D eigenvalue weighted by molar-refractivity contribution is 7.46. The molecule has 7 heteroatoms. The van der Waals surface area contributed by atoms with Crippen molar-refractivity contribution in [1.82, 2.24) is 5.09 Å². The van der Waals surface area contributed by atoms with Crippen LogP contribution in [0.2, 0.25) is 0 Å². The number of carbonyl (C=O) groups is 2. The summed E-state index contributed by atoms with van der Waals surface area (Å²) >= 11 is 0. The van der Waals surface area contributed by atoms with Gasteiger partial charge in [0.1, 0.15) is 0 Å². The van der Waals surface area contributed by atoms with Crippen molar-refractivity contribution in [1.29, 1.82) is 0 Å². The van der Waals surface area contributed by atoms with Crippen LogP contribution in [0, 0.1) is 5.92 Å². The summed E-state index contributed by atoms with van der Waals surface area (Å²) < 4.78 is 9.78. The zero-order valence-electron chi connectivity index (χ0n) is 8.56.